The fourth-order valence-electron chi connectivity index (χ4n) is 3.88. The van der Waals surface area contributed by atoms with Crippen molar-refractivity contribution < 1.29 is 28.5 Å². The van der Waals surface area contributed by atoms with Gasteiger partial charge < -0.3 is 24.3 Å². The number of hydrogen-bond donors (Lipinski definition) is 1. The molecule has 8 nitrogen and oxygen atoms in total. The second-order valence-corrected chi connectivity index (χ2v) is 7.14. The Hall–Kier alpha value is -3.26. The van der Waals surface area contributed by atoms with Crippen molar-refractivity contribution in [2.45, 2.75) is 19.4 Å². The molecular formula is C22H24N2O6. The Bertz CT molecular complexity index is 973. The molecular weight excluding hydrogens is 388 g/mol. The van der Waals surface area contributed by atoms with Crippen molar-refractivity contribution in [1.29, 1.82) is 0 Å². The number of hydrogen-bond acceptors (Lipinski definition) is 7. The molecule has 158 valence electrons. The highest BCUT2D eigenvalue weighted by atomic mass is 16.7. The Balaban J connectivity index is 1.62. The van der Waals surface area contributed by atoms with Crippen LogP contribution in [0, 0.1) is 0 Å². The minimum atomic E-state index is -0.553. The van der Waals surface area contributed by atoms with E-state index in [0.29, 0.717) is 35.1 Å². The number of carbonyl (C=O) groups excluding carboxylic acids is 2. The Labute approximate surface area is 174 Å². The molecule has 8 heteroatoms. The summed E-state index contributed by atoms with van der Waals surface area (Å²) in [5.74, 6) is 1.12. The number of rotatable bonds is 5. The van der Waals surface area contributed by atoms with E-state index in [2.05, 4.69) is 5.32 Å². The van der Waals surface area contributed by atoms with Gasteiger partial charge in [0.05, 0.1) is 19.3 Å². The molecule has 0 saturated heterocycles. The predicted molar refractivity (Wildman–Crippen MR) is 109 cm³/mol. The average Bonchev–Trinajstić information content (AvgIpc) is 3.21. The highest BCUT2D eigenvalue weighted by molar-refractivity contribution is 5.97. The fraction of sp³-hybridized carbons (Fsp3) is 0.364. The van der Waals surface area contributed by atoms with Crippen molar-refractivity contribution in [3.05, 3.63) is 47.0 Å². The smallest absolute Gasteiger partial charge is 0.338 e. The molecule has 0 spiro atoms. The molecule has 1 unspecified atom stereocenters. The molecule has 0 aromatic heterocycles. The molecule has 30 heavy (non-hydrogen) atoms. The van der Waals surface area contributed by atoms with Gasteiger partial charge in [0.1, 0.15) is 6.04 Å². The number of nitrogens with one attached hydrogen (secondary N) is 1. The van der Waals surface area contributed by atoms with Gasteiger partial charge in [0, 0.05) is 17.8 Å². The summed E-state index contributed by atoms with van der Waals surface area (Å²) in [6, 6.07) is 8.01. The second-order valence-electron chi connectivity index (χ2n) is 7.14. The van der Waals surface area contributed by atoms with Gasteiger partial charge in [0.15, 0.2) is 11.5 Å². The van der Waals surface area contributed by atoms with Gasteiger partial charge in [-0.15, -0.1) is 0 Å². The Morgan fingerprint density at radius 1 is 1.23 bits per heavy atom. The van der Waals surface area contributed by atoms with E-state index in [1.807, 2.05) is 18.0 Å². The molecule has 0 saturated carbocycles. The molecule has 1 N–H and O–H groups in total. The SMILES string of the molecule is CCOC(=O)c1ccc(NC(=O)C2c3c(cc4c(c3OC)OCO4)CCN2C)cc1. The van der Waals surface area contributed by atoms with Crippen LogP contribution in [0.5, 0.6) is 17.2 Å². The molecule has 2 aliphatic rings. The second kappa shape index (κ2) is 8.23. The number of anilines is 1. The number of fused-ring (bicyclic) bond motifs is 2. The van der Waals surface area contributed by atoms with Crippen LogP contribution in [-0.4, -0.2) is 50.9 Å². The number of amides is 1. The van der Waals surface area contributed by atoms with Crippen LogP contribution in [0.3, 0.4) is 0 Å². The summed E-state index contributed by atoms with van der Waals surface area (Å²) >= 11 is 0. The van der Waals surface area contributed by atoms with Crippen LogP contribution >= 0.6 is 0 Å². The Morgan fingerprint density at radius 3 is 2.70 bits per heavy atom. The van der Waals surface area contributed by atoms with Crippen LogP contribution < -0.4 is 19.5 Å². The number of methoxy groups -OCH3 is 1. The maximum absolute atomic E-state index is 13.3. The lowest BCUT2D eigenvalue weighted by atomic mass is 9.90. The molecule has 0 radical (unpaired) electrons. The van der Waals surface area contributed by atoms with E-state index in [-0.39, 0.29) is 12.7 Å². The Kier molecular flexibility index (Phi) is 5.50. The van der Waals surface area contributed by atoms with Crippen molar-refractivity contribution >= 4 is 17.6 Å². The highest BCUT2D eigenvalue weighted by Crippen LogP contribution is 2.49. The topological polar surface area (TPSA) is 86.3 Å². The zero-order chi connectivity index (χ0) is 21.3. The van der Waals surface area contributed by atoms with Crippen LogP contribution in [0.15, 0.2) is 30.3 Å². The first-order valence-electron chi connectivity index (χ1n) is 9.81. The number of carbonyl (C=O) groups is 2. The first kappa shape index (κ1) is 20.0. The van der Waals surface area contributed by atoms with Crippen molar-refractivity contribution in [3.63, 3.8) is 0 Å². The van der Waals surface area contributed by atoms with Crippen molar-refractivity contribution in [1.82, 2.24) is 4.90 Å². The van der Waals surface area contributed by atoms with Crippen LogP contribution in [0.25, 0.3) is 0 Å². The third-order valence-electron chi connectivity index (χ3n) is 5.31. The van der Waals surface area contributed by atoms with Crippen LogP contribution in [0.4, 0.5) is 5.69 Å². The van der Waals surface area contributed by atoms with Gasteiger partial charge in [-0.3, -0.25) is 9.69 Å². The highest BCUT2D eigenvalue weighted by Gasteiger charge is 2.37. The van der Waals surface area contributed by atoms with Gasteiger partial charge in [-0.25, -0.2) is 4.79 Å². The van der Waals surface area contributed by atoms with Gasteiger partial charge in [-0.05, 0) is 56.3 Å². The normalized spacial score (nSPS) is 17.2. The van der Waals surface area contributed by atoms with Crippen LogP contribution in [0.2, 0.25) is 0 Å². The zero-order valence-electron chi connectivity index (χ0n) is 17.2. The molecule has 2 aromatic rings. The number of esters is 1. The predicted octanol–water partition coefficient (Wildman–Crippen LogP) is 2.77. The first-order valence-corrected chi connectivity index (χ1v) is 9.81. The summed E-state index contributed by atoms with van der Waals surface area (Å²) in [4.78, 5) is 27.1. The molecule has 4 rings (SSSR count). The monoisotopic (exact) mass is 412 g/mol. The van der Waals surface area contributed by atoms with Gasteiger partial charge in [0.25, 0.3) is 0 Å². The van der Waals surface area contributed by atoms with Gasteiger partial charge >= 0.3 is 5.97 Å². The summed E-state index contributed by atoms with van der Waals surface area (Å²) in [5.41, 5.74) is 2.82. The largest absolute Gasteiger partial charge is 0.492 e. The summed E-state index contributed by atoms with van der Waals surface area (Å²) < 4.78 is 21.7. The van der Waals surface area contributed by atoms with E-state index < -0.39 is 12.0 Å². The zero-order valence-corrected chi connectivity index (χ0v) is 17.2. The standard InChI is InChI=1S/C22H24N2O6/c1-4-28-22(26)13-5-7-15(8-6-13)23-21(25)18-17-14(9-10-24(18)2)11-16-19(20(17)27-3)30-12-29-16/h5-8,11,18H,4,9-10,12H2,1-3H3,(H,23,25). The lowest BCUT2D eigenvalue weighted by Gasteiger charge is -2.34. The maximum Gasteiger partial charge on any atom is 0.338 e. The van der Waals surface area contributed by atoms with Crippen LogP contribution in [-0.2, 0) is 16.0 Å². The number of likely N-dealkylation sites (N-methyl/N-ethyl adjacent to an activating group) is 1. The van der Waals surface area contributed by atoms with Gasteiger partial charge in [-0.2, -0.15) is 0 Å². The first-order chi connectivity index (χ1) is 14.5. The molecule has 0 bridgehead atoms. The van der Waals surface area contributed by atoms with Crippen molar-refractivity contribution in [2.24, 2.45) is 0 Å². The van der Waals surface area contributed by atoms with E-state index in [1.165, 1.54) is 0 Å². The molecule has 2 aromatic carbocycles. The Morgan fingerprint density at radius 2 is 2.00 bits per heavy atom. The van der Waals surface area contributed by atoms with Gasteiger partial charge in [0.2, 0.25) is 18.4 Å². The lowest BCUT2D eigenvalue weighted by Crippen LogP contribution is -2.39. The quantitative estimate of drug-likeness (QED) is 0.756. The number of nitrogens with zero attached hydrogens (tertiary/aromatic N) is 1. The fourth-order valence-corrected chi connectivity index (χ4v) is 3.88. The average molecular weight is 412 g/mol. The summed E-state index contributed by atoms with van der Waals surface area (Å²) in [5, 5.41) is 2.94. The third-order valence-corrected chi connectivity index (χ3v) is 5.31. The van der Waals surface area contributed by atoms with E-state index in [0.717, 1.165) is 24.1 Å². The molecule has 2 heterocycles. The van der Waals surface area contributed by atoms with E-state index >= 15 is 0 Å². The minimum absolute atomic E-state index is 0.133. The summed E-state index contributed by atoms with van der Waals surface area (Å²) in [7, 11) is 3.47. The number of ether oxygens (including phenoxy) is 4. The molecule has 2 aliphatic heterocycles. The van der Waals surface area contributed by atoms with Gasteiger partial charge in [-0.1, -0.05) is 0 Å². The molecule has 0 fully saturated rings. The molecule has 1 atom stereocenters. The minimum Gasteiger partial charge on any atom is -0.492 e. The molecule has 0 aliphatic carbocycles. The van der Waals surface area contributed by atoms with Crippen molar-refractivity contribution in [2.75, 3.05) is 39.4 Å². The number of benzene rings is 2. The lowest BCUT2D eigenvalue weighted by molar-refractivity contribution is -0.121. The van der Waals surface area contributed by atoms with E-state index in [1.54, 1.807) is 38.3 Å². The maximum atomic E-state index is 13.3. The summed E-state index contributed by atoms with van der Waals surface area (Å²) in [6.45, 7) is 2.92. The van der Waals surface area contributed by atoms with E-state index in [9.17, 15) is 9.59 Å². The van der Waals surface area contributed by atoms with E-state index in [4.69, 9.17) is 18.9 Å². The van der Waals surface area contributed by atoms with Crippen molar-refractivity contribution in [3.8, 4) is 17.2 Å². The molecule has 1 amide bonds. The van der Waals surface area contributed by atoms with Crippen LogP contribution in [0.1, 0.15) is 34.5 Å². The summed E-state index contributed by atoms with van der Waals surface area (Å²) in [6.07, 6.45) is 0.775. The third kappa shape index (κ3) is 3.54.